The van der Waals surface area contributed by atoms with Crippen molar-refractivity contribution in [3.63, 3.8) is 0 Å². The van der Waals surface area contributed by atoms with Crippen molar-refractivity contribution in [1.82, 2.24) is 4.90 Å². The van der Waals surface area contributed by atoms with Crippen molar-refractivity contribution < 1.29 is 19.4 Å². The van der Waals surface area contributed by atoms with Crippen molar-refractivity contribution in [2.45, 2.75) is 31.7 Å². The molecule has 2 rings (SSSR count). The average molecular weight is 312 g/mol. The lowest BCUT2D eigenvalue weighted by atomic mass is 10.1. The maximum absolute atomic E-state index is 12.2. The first kappa shape index (κ1) is 15.6. The SMILES string of the molecule is O=C(O)C1CCCCCN1C(=O)COc1ccccc1Cl. The Bertz CT molecular complexity index is 520. The van der Waals surface area contributed by atoms with Crippen LogP contribution in [0.5, 0.6) is 5.75 Å². The van der Waals surface area contributed by atoms with Gasteiger partial charge in [0.25, 0.3) is 5.91 Å². The summed E-state index contributed by atoms with van der Waals surface area (Å²) in [6, 6.07) is 6.12. The van der Waals surface area contributed by atoms with Gasteiger partial charge in [-0.25, -0.2) is 4.79 Å². The van der Waals surface area contributed by atoms with Crippen molar-refractivity contribution in [1.29, 1.82) is 0 Å². The normalized spacial score (nSPS) is 18.9. The molecule has 0 bridgehead atoms. The van der Waals surface area contributed by atoms with E-state index < -0.39 is 12.0 Å². The molecule has 1 saturated heterocycles. The Morgan fingerprint density at radius 3 is 2.76 bits per heavy atom. The first-order valence-corrected chi connectivity index (χ1v) is 7.37. The summed E-state index contributed by atoms with van der Waals surface area (Å²) in [5.74, 6) is -0.846. The molecule has 0 radical (unpaired) electrons. The van der Waals surface area contributed by atoms with Crippen LogP contribution < -0.4 is 4.74 Å². The molecule has 0 aliphatic carbocycles. The number of rotatable bonds is 4. The third-order valence-electron chi connectivity index (χ3n) is 3.55. The summed E-state index contributed by atoms with van der Waals surface area (Å²) in [6.45, 7) is 0.259. The molecule has 1 aromatic carbocycles. The number of halogens is 1. The molecular formula is C15H18ClNO4. The molecule has 1 N–H and O–H groups in total. The van der Waals surface area contributed by atoms with Crippen LogP contribution in [0.25, 0.3) is 0 Å². The molecule has 6 heteroatoms. The first-order chi connectivity index (χ1) is 10.1. The van der Waals surface area contributed by atoms with E-state index in [2.05, 4.69) is 0 Å². The van der Waals surface area contributed by atoms with Gasteiger partial charge >= 0.3 is 5.97 Å². The summed E-state index contributed by atoms with van der Waals surface area (Å²) in [5, 5.41) is 9.68. The molecule has 0 spiro atoms. The molecule has 0 aromatic heterocycles. The summed E-state index contributed by atoms with van der Waals surface area (Å²) < 4.78 is 5.40. The summed E-state index contributed by atoms with van der Waals surface area (Å²) in [7, 11) is 0. The number of amides is 1. The van der Waals surface area contributed by atoms with E-state index in [0.717, 1.165) is 19.3 Å². The molecule has 1 heterocycles. The number of ether oxygens (including phenoxy) is 1. The average Bonchev–Trinajstić information content (AvgIpc) is 2.72. The zero-order valence-corrected chi connectivity index (χ0v) is 12.4. The smallest absolute Gasteiger partial charge is 0.326 e. The number of carbonyl (C=O) groups excluding carboxylic acids is 1. The van der Waals surface area contributed by atoms with Crippen LogP contribution >= 0.6 is 11.6 Å². The minimum atomic E-state index is -0.956. The summed E-state index contributed by atoms with van der Waals surface area (Å²) in [6.07, 6.45) is 3.08. The Morgan fingerprint density at radius 2 is 2.05 bits per heavy atom. The number of benzene rings is 1. The van der Waals surface area contributed by atoms with Gasteiger partial charge in [0.15, 0.2) is 6.61 Å². The number of carboxylic acids is 1. The summed E-state index contributed by atoms with van der Waals surface area (Å²) in [4.78, 5) is 24.9. The highest BCUT2D eigenvalue weighted by molar-refractivity contribution is 6.32. The van der Waals surface area contributed by atoms with Crippen molar-refractivity contribution >= 4 is 23.5 Å². The molecule has 1 unspecified atom stereocenters. The number of likely N-dealkylation sites (tertiary alicyclic amines) is 1. The van der Waals surface area contributed by atoms with Gasteiger partial charge in [-0.1, -0.05) is 36.6 Å². The highest BCUT2D eigenvalue weighted by Crippen LogP contribution is 2.23. The van der Waals surface area contributed by atoms with Gasteiger partial charge in [0.2, 0.25) is 0 Å². The minimum Gasteiger partial charge on any atom is -0.482 e. The van der Waals surface area contributed by atoms with Crippen LogP contribution in [0.15, 0.2) is 24.3 Å². The summed E-state index contributed by atoms with van der Waals surface area (Å²) in [5.41, 5.74) is 0. The molecular weight excluding hydrogens is 294 g/mol. The van der Waals surface area contributed by atoms with Gasteiger partial charge in [-0.05, 0) is 25.0 Å². The fraction of sp³-hybridized carbons (Fsp3) is 0.467. The Kier molecular flexibility index (Phi) is 5.44. The second-order valence-electron chi connectivity index (χ2n) is 5.01. The van der Waals surface area contributed by atoms with Gasteiger partial charge in [-0.3, -0.25) is 4.79 Å². The number of nitrogens with zero attached hydrogens (tertiary/aromatic N) is 1. The highest BCUT2D eigenvalue weighted by Gasteiger charge is 2.30. The maximum Gasteiger partial charge on any atom is 0.326 e. The van der Waals surface area contributed by atoms with Gasteiger partial charge in [0.05, 0.1) is 5.02 Å². The van der Waals surface area contributed by atoms with Gasteiger partial charge in [-0.2, -0.15) is 0 Å². The Hall–Kier alpha value is -1.75. The van der Waals surface area contributed by atoms with E-state index in [1.807, 2.05) is 0 Å². The van der Waals surface area contributed by atoms with E-state index in [4.69, 9.17) is 16.3 Å². The number of hydrogen-bond donors (Lipinski definition) is 1. The predicted molar refractivity (Wildman–Crippen MR) is 78.6 cm³/mol. The van der Waals surface area contributed by atoms with Gasteiger partial charge < -0.3 is 14.7 Å². The third-order valence-corrected chi connectivity index (χ3v) is 3.86. The lowest BCUT2D eigenvalue weighted by Gasteiger charge is -2.26. The minimum absolute atomic E-state index is 0.201. The molecule has 114 valence electrons. The number of para-hydroxylation sites is 1. The van der Waals surface area contributed by atoms with E-state index in [-0.39, 0.29) is 12.5 Å². The van der Waals surface area contributed by atoms with Crippen LogP contribution in [0.2, 0.25) is 5.02 Å². The van der Waals surface area contributed by atoms with E-state index >= 15 is 0 Å². The Balaban J connectivity index is 2.00. The lowest BCUT2D eigenvalue weighted by molar-refractivity contribution is -0.151. The molecule has 1 amide bonds. The molecule has 1 aliphatic heterocycles. The van der Waals surface area contributed by atoms with Crippen LogP contribution in [0.4, 0.5) is 0 Å². The first-order valence-electron chi connectivity index (χ1n) is 6.99. The standard InChI is InChI=1S/C15H18ClNO4/c16-11-6-3-4-8-13(11)21-10-14(18)17-9-5-1-2-7-12(17)15(19)20/h3-4,6,8,12H,1-2,5,7,9-10H2,(H,19,20). The zero-order valence-electron chi connectivity index (χ0n) is 11.6. The molecule has 1 aromatic rings. The van der Waals surface area contributed by atoms with Gasteiger partial charge in [-0.15, -0.1) is 0 Å². The molecule has 1 fully saturated rings. The van der Waals surface area contributed by atoms with E-state index in [1.54, 1.807) is 24.3 Å². The number of aliphatic carboxylic acids is 1. The summed E-state index contributed by atoms with van der Waals surface area (Å²) >= 11 is 5.95. The topological polar surface area (TPSA) is 66.8 Å². The monoisotopic (exact) mass is 311 g/mol. The van der Waals surface area contributed by atoms with Crippen molar-refractivity contribution in [2.24, 2.45) is 0 Å². The fourth-order valence-corrected chi connectivity index (χ4v) is 2.64. The number of carbonyl (C=O) groups is 2. The van der Waals surface area contributed by atoms with Crippen molar-refractivity contribution in [3.05, 3.63) is 29.3 Å². The van der Waals surface area contributed by atoms with Crippen LogP contribution in [-0.4, -0.2) is 41.1 Å². The largest absolute Gasteiger partial charge is 0.482 e. The second-order valence-corrected chi connectivity index (χ2v) is 5.42. The molecule has 1 aliphatic rings. The predicted octanol–water partition coefficient (Wildman–Crippen LogP) is 2.57. The highest BCUT2D eigenvalue weighted by atomic mass is 35.5. The Morgan fingerprint density at radius 1 is 1.29 bits per heavy atom. The van der Waals surface area contributed by atoms with Gasteiger partial charge in [0.1, 0.15) is 11.8 Å². The molecule has 0 saturated carbocycles. The number of hydrogen-bond acceptors (Lipinski definition) is 3. The van der Waals surface area contributed by atoms with Gasteiger partial charge in [0, 0.05) is 6.54 Å². The number of carboxylic acid groups (broad SMARTS) is 1. The third kappa shape index (κ3) is 4.11. The van der Waals surface area contributed by atoms with E-state index in [0.29, 0.717) is 23.7 Å². The lowest BCUT2D eigenvalue weighted by Crippen LogP contribution is -2.46. The Labute approximate surface area is 128 Å². The molecule has 21 heavy (non-hydrogen) atoms. The maximum atomic E-state index is 12.2. The van der Waals surface area contributed by atoms with E-state index in [9.17, 15) is 14.7 Å². The van der Waals surface area contributed by atoms with E-state index in [1.165, 1.54) is 4.90 Å². The molecule has 5 nitrogen and oxygen atoms in total. The van der Waals surface area contributed by atoms with Crippen molar-refractivity contribution in [2.75, 3.05) is 13.2 Å². The quantitative estimate of drug-likeness (QED) is 0.928. The van der Waals surface area contributed by atoms with Crippen LogP contribution in [-0.2, 0) is 9.59 Å². The molecule has 1 atom stereocenters. The van der Waals surface area contributed by atoms with Crippen LogP contribution in [0.3, 0.4) is 0 Å². The van der Waals surface area contributed by atoms with Crippen LogP contribution in [0.1, 0.15) is 25.7 Å². The fourth-order valence-electron chi connectivity index (χ4n) is 2.45. The zero-order chi connectivity index (χ0) is 15.2. The van der Waals surface area contributed by atoms with Crippen LogP contribution in [0, 0.1) is 0 Å². The van der Waals surface area contributed by atoms with Crippen molar-refractivity contribution in [3.8, 4) is 5.75 Å². The second kappa shape index (κ2) is 7.31.